The summed E-state index contributed by atoms with van der Waals surface area (Å²) in [7, 11) is -3.54. The minimum Gasteiger partial charge on any atom is -0.262 e. The lowest BCUT2D eigenvalue weighted by Gasteiger charge is -2.17. The highest BCUT2D eigenvalue weighted by Gasteiger charge is 2.22. The van der Waals surface area contributed by atoms with Gasteiger partial charge in [0.1, 0.15) is 4.90 Å². The number of aromatic nitrogens is 1. The third-order valence-corrected chi connectivity index (χ3v) is 4.26. The van der Waals surface area contributed by atoms with Crippen molar-refractivity contribution in [3.05, 3.63) is 22.9 Å². The Balaban J connectivity index is 3.16. The van der Waals surface area contributed by atoms with E-state index in [1.807, 2.05) is 0 Å². The van der Waals surface area contributed by atoms with Gasteiger partial charge in [-0.3, -0.25) is 4.98 Å². The van der Waals surface area contributed by atoms with Gasteiger partial charge in [0.05, 0.1) is 6.54 Å². The summed E-state index contributed by atoms with van der Waals surface area (Å²) < 4.78 is 26.0. The Labute approximate surface area is 104 Å². The van der Waals surface area contributed by atoms with Crippen molar-refractivity contribution in [2.45, 2.75) is 11.8 Å². The van der Waals surface area contributed by atoms with E-state index in [1.165, 1.54) is 22.8 Å². The van der Waals surface area contributed by atoms with Crippen LogP contribution in [0.25, 0.3) is 0 Å². The summed E-state index contributed by atoms with van der Waals surface area (Å²) in [5.41, 5.74) is 0. The van der Waals surface area contributed by atoms with E-state index in [9.17, 15) is 8.42 Å². The Morgan fingerprint density at radius 1 is 1.56 bits per heavy atom. The Morgan fingerprint density at radius 3 is 2.75 bits per heavy atom. The maximum absolute atomic E-state index is 12.1. The first-order valence-electron chi connectivity index (χ1n) is 4.56. The lowest BCUT2D eigenvalue weighted by molar-refractivity contribution is 0.464. The summed E-state index contributed by atoms with van der Waals surface area (Å²) >= 11 is 3.18. The largest absolute Gasteiger partial charge is 0.262 e. The molecule has 1 aromatic heterocycles. The van der Waals surface area contributed by atoms with Crippen LogP contribution in [0.5, 0.6) is 0 Å². The Hall–Kier alpha value is -0.900. The number of terminal acetylenes is 1. The second kappa shape index (κ2) is 5.43. The molecule has 0 amide bonds. The number of hydrogen-bond donors (Lipinski definition) is 0. The predicted molar refractivity (Wildman–Crippen MR) is 65.2 cm³/mol. The van der Waals surface area contributed by atoms with Crippen LogP contribution in [0.15, 0.2) is 27.8 Å². The lowest BCUT2D eigenvalue weighted by atomic mass is 10.5. The van der Waals surface area contributed by atoms with Gasteiger partial charge < -0.3 is 0 Å². The van der Waals surface area contributed by atoms with Gasteiger partial charge in [0, 0.05) is 23.4 Å². The number of hydrogen-bond acceptors (Lipinski definition) is 3. The first kappa shape index (κ1) is 13.2. The molecule has 1 rings (SSSR count). The van der Waals surface area contributed by atoms with Crippen molar-refractivity contribution >= 4 is 26.0 Å². The third kappa shape index (κ3) is 2.82. The summed E-state index contributed by atoms with van der Waals surface area (Å²) in [5.74, 6) is 2.32. The van der Waals surface area contributed by atoms with E-state index < -0.39 is 10.0 Å². The lowest BCUT2D eigenvalue weighted by Crippen LogP contribution is -2.31. The van der Waals surface area contributed by atoms with Gasteiger partial charge in [0.2, 0.25) is 10.0 Å². The SMILES string of the molecule is C#CCN(CC)S(=O)(=O)c1cncc(Br)c1. The van der Waals surface area contributed by atoms with Gasteiger partial charge in [-0.25, -0.2) is 8.42 Å². The minimum atomic E-state index is -3.54. The van der Waals surface area contributed by atoms with Crippen molar-refractivity contribution < 1.29 is 8.42 Å². The van der Waals surface area contributed by atoms with E-state index in [4.69, 9.17) is 6.42 Å². The maximum atomic E-state index is 12.1. The molecule has 6 heteroatoms. The normalized spacial score (nSPS) is 11.4. The molecule has 0 N–H and O–H groups in total. The number of nitrogens with zero attached hydrogens (tertiary/aromatic N) is 2. The third-order valence-electron chi connectivity index (χ3n) is 1.94. The van der Waals surface area contributed by atoms with Crippen molar-refractivity contribution in [1.29, 1.82) is 0 Å². The van der Waals surface area contributed by atoms with Gasteiger partial charge in [-0.1, -0.05) is 12.8 Å². The quantitative estimate of drug-likeness (QED) is 0.792. The number of halogens is 1. The standard InChI is InChI=1S/C10H11BrN2O2S/c1-3-5-13(4-2)16(14,15)10-6-9(11)7-12-8-10/h1,6-8H,4-5H2,2H3. The average molecular weight is 303 g/mol. The van der Waals surface area contributed by atoms with Crippen molar-refractivity contribution in [3.63, 3.8) is 0 Å². The molecule has 0 aromatic carbocycles. The average Bonchev–Trinajstić information content (AvgIpc) is 2.25. The van der Waals surface area contributed by atoms with E-state index in [1.54, 1.807) is 6.92 Å². The van der Waals surface area contributed by atoms with Crippen LogP contribution in [-0.2, 0) is 10.0 Å². The predicted octanol–water partition coefficient (Wildman–Crippen LogP) is 1.49. The monoisotopic (exact) mass is 302 g/mol. The van der Waals surface area contributed by atoms with Crippen molar-refractivity contribution in [3.8, 4) is 12.3 Å². The van der Waals surface area contributed by atoms with Gasteiger partial charge in [-0.2, -0.15) is 4.31 Å². The summed E-state index contributed by atoms with van der Waals surface area (Å²) in [6.07, 6.45) is 7.96. The van der Waals surface area contributed by atoms with Crippen LogP contribution in [0.3, 0.4) is 0 Å². The number of rotatable bonds is 4. The molecule has 0 unspecified atom stereocenters. The first-order chi connectivity index (χ1) is 7.52. The zero-order valence-electron chi connectivity index (χ0n) is 8.72. The molecule has 0 saturated heterocycles. The molecule has 0 saturated carbocycles. The van der Waals surface area contributed by atoms with Gasteiger partial charge in [-0.15, -0.1) is 6.42 Å². The summed E-state index contributed by atoms with van der Waals surface area (Å²) in [6, 6.07) is 1.50. The molecule has 0 radical (unpaired) electrons. The van der Waals surface area contributed by atoms with E-state index in [2.05, 4.69) is 26.8 Å². The molecule has 0 atom stereocenters. The minimum absolute atomic E-state index is 0.0609. The van der Waals surface area contributed by atoms with E-state index >= 15 is 0 Å². The second-order valence-electron chi connectivity index (χ2n) is 2.97. The second-order valence-corrected chi connectivity index (χ2v) is 5.83. The fourth-order valence-corrected chi connectivity index (χ4v) is 3.02. The smallest absolute Gasteiger partial charge is 0.245 e. The Morgan fingerprint density at radius 2 is 2.25 bits per heavy atom. The molecule has 16 heavy (non-hydrogen) atoms. The summed E-state index contributed by atoms with van der Waals surface area (Å²) in [6.45, 7) is 2.13. The van der Waals surface area contributed by atoms with Crippen LogP contribution < -0.4 is 0 Å². The molecule has 1 aromatic rings. The van der Waals surface area contributed by atoms with Gasteiger partial charge in [0.25, 0.3) is 0 Å². The Kier molecular flexibility index (Phi) is 4.47. The molecule has 0 spiro atoms. The first-order valence-corrected chi connectivity index (χ1v) is 6.79. The van der Waals surface area contributed by atoms with Gasteiger partial charge in [0.15, 0.2) is 0 Å². The molecule has 0 aliphatic rings. The number of pyridine rings is 1. The molecule has 0 aliphatic heterocycles. The van der Waals surface area contributed by atoms with Crippen molar-refractivity contribution in [2.24, 2.45) is 0 Å². The van der Waals surface area contributed by atoms with E-state index in [0.29, 0.717) is 11.0 Å². The van der Waals surface area contributed by atoms with Crippen molar-refractivity contribution in [2.75, 3.05) is 13.1 Å². The molecule has 86 valence electrons. The van der Waals surface area contributed by atoms with Gasteiger partial charge in [-0.05, 0) is 22.0 Å². The molecule has 1 heterocycles. The molecule has 0 aliphatic carbocycles. The molecular weight excluding hydrogens is 292 g/mol. The summed E-state index contributed by atoms with van der Waals surface area (Å²) in [5, 5.41) is 0. The van der Waals surface area contributed by atoms with Crippen LogP contribution in [0.1, 0.15) is 6.92 Å². The zero-order chi connectivity index (χ0) is 12.2. The van der Waals surface area contributed by atoms with Crippen molar-refractivity contribution in [1.82, 2.24) is 9.29 Å². The van der Waals surface area contributed by atoms with Gasteiger partial charge >= 0.3 is 0 Å². The fourth-order valence-electron chi connectivity index (χ4n) is 1.15. The number of sulfonamides is 1. The van der Waals surface area contributed by atoms with Crippen LogP contribution in [-0.4, -0.2) is 30.8 Å². The highest BCUT2D eigenvalue weighted by atomic mass is 79.9. The highest BCUT2D eigenvalue weighted by Crippen LogP contribution is 2.18. The van der Waals surface area contributed by atoms with E-state index in [-0.39, 0.29) is 11.4 Å². The van der Waals surface area contributed by atoms with Crippen LogP contribution in [0.2, 0.25) is 0 Å². The van der Waals surface area contributed by atoms with Crippen LogP contribution in [0.4, 0.5) is 0 Å². The topological polar surface area (TPSA) is 50.3 Å². The molecule has 4 nitrogen and oxygen atoms in total. The molecular formula is C10H11BrN2O2S. The van der Waals surface area contributed by atoms with E-state index in [0.717, 1.165) is 0 Å². The fraction of sp³-hybridized carbons (Fsp3) is 0.300. The van der Waals surface area contributed by atoms with Crippen LogP contribution >= 0.6 is 15.9 Å². The molecule has 0 fully saturated rings. The molecule has 0 bridgehead atoms. The summed E-state index contributed by atoms with van der Waals surface area (Å²) in [4.78, 5) is 3.96. The zero-order valence-corrected chi connectivity index (χ0v) is 11.1. The highest BCUT2D eigenvalue weighted by molar-refractivity contribution is 9.10. The Bertz CT molecular complexity index is 508. The maximum Gasteiger partial charge on any atom is 0.245 e. The van der Waals surface area contributed by atoms with Crippen LogP contribution in [0, 0.1) is 12.3 Å².